The Hall–Kier alpha value is -1.91. The van der Waals surface area contributed by atoms with Crippen molar-refractivity contribution in [3.05, 3.63) is 77.1 Å². The summed E-state index contributed by atoms with van der Waals surface area (Å²) in [6, 6.07) is 16.0. The van der Waals surface area contributed by atoms with Gasteiger partial charge in [-0.2, -0.15) is 11.8 Å². The molecule has 1 aliphatic heterocycles. The maximum absolute atomic E-state index is 12.9. The van der Waals surface area contributed by atoms with E-state index in [2.05, 4.69) is 6.07 Å². The topological polar surface area (TPSA) is 24.7 Å². The predicted octanol–water partition coefficient (Wildman–Crippen LogP) is 4.91. The molecule has 0 radical (unpaired) electrons. The Morgan fingerprint density at radius 3 is 2.80 bits per heavy atom. The monoisotopic (exact) mass is 370 g/mol. The molecule has 1 fully saturated rings. The van der Waals surface area contributed by atoms with E-state index >= 15 is 0 Å². The van der Waals surface area contributed by atoms with Crippen molar-refractivity contribution in [1.29, 1.82) is 0 Å². The molecule has 1 saturated heterocycles. The molecule has 25 heavy (non-hydrogen) atoms. The van der Waals surface area contributed by atoms with E-state index in [1.54, 1.807) is 0 Å². The largest absolute Gasteiger partial charge is 0.338 e. The van der Waals surface area contributed by atoms with Crippen molar-refractivity contribution in [1.82, 2.24) is 9.30 Å². The molecule has 5 heteroatoms. The maximum Gasteiger partial charge on any atom is 0.255 e. The zero-order valence-corrected chi connectivity index (χ0v) is 15.3. The summed E-state index contributed by atoms with van der Waals surface area (Å²) in [7, 11) is 0. The fourth-order valence-corrected chi connectivity index (χ4v) is 4.91. The number of carbonyl (C=O) groups is 1. The SMILES string of the molecule is O=C(c1cc2ccccn2c1)N1CCS[C@@H](c2ccccc2Cl)CC1. The third-order valence-electron chi connectivity index (χ3n) is 4.63. The molecule has 3 heterocycles. The standard InChI is InChI=1S/C20H19ClN2OS/c21-18-7-2-1-6-17(18)19-8-10-22(11-12-25-19)20(24)15-13-16-5-3-4-9-23(16)14-15/h1-7,9,13-14,19H,8,10-12H2/t19-/m1/s1. The van der Waals surface area contributed by atoms with E-state index in [0.717, 1.165) is 41.4 Å². The van der Waals surface area contributed by atoms with E-state index in [1.807, 2.05) is 75.9 Å². The normalized spacial score (nSPS) is 18.3. The van der Waals surface area contributed by atoms with Crippen molar-refractivity contribution in [2.45, 2.75) is 11.7 Å². The summed E-state index contributed by atoms with van der Waals surface area (Å²) in [5.41, 5.74) is 2.98. The van der Waals surface area contributed by atoms with Crippen LogP contribution in [0.1, 0.15) is 27.6 Å². The lowest BCUT2D eigenvalue weighted by atomic mass is 10.1. The Morgan fingerprint density at radius 1 is 1.12 bits per heavy atom. The average Bonchev–Trinajstić information content (AvgIpc) is 2.92. The molecule has 1 amide bonds. The number of rotatable bonds is 2. The minimum absolute atomic E-state index is 0.115. The van der Waals surface area contributed by atoms with Crippen LogP contribution in [0.4, 0.5) is 0 Å². The van der Waals surface area contributed by atoms with Crippen molar-refractivity contribution in [3.8, 4) is 0 Å². The van der Waals surface area contributed by atoms with Gasteiger partial charge in [-0.3, -0.25) is 4.79 Å². The summed E-state index contributed by atoms with van der Waals surface area (Å²) >= 11 is 8.24. The van der Waals surface area contributed by atoms with Crippen molar-refractivity contribution < 1.29 is 4.79 Å². The van der Waals surface area contributed by atoms with Crippen LogP contribution in [0.5, 0.6) is 0 Å². The van der Waals surface area contributed by atoms with Crippen LogP contribution in [0.2, 0.25) is 5.02 Å². The van der Waals surface area contributed by atoms with E-state index in [1.165, 1.54) is 5.56 Å². The lowest BCUT2D eigenvalue weighted by Crippen LogP contribution is -2.32. The number of hydrogen-bond donors (Lipinski definition) is 0. The van der Waals surface area contributed by atoms with E-state index < -0.39 is 0 Å². The molecular formula is C20H19ClN2OS. The van der Waals surface area contributed by atoms with Crippen LogP contribution in [0.15, 0.2) is 60.9 Å². The van der Waals surface area contributed by atoms with Crippen LogP contribution >= 0.6 is 23.4 Å². The molecular weight excluding hydrogens is 352 g/mol. The number of hydrogen-bond acceptors (Lipinski definition) is 2. The number of nitrogens with zero attached hydrogens (tertiary/aromatic N) is 2. The van der Waals surface area contributed by atoms with Crippen LogP contribution in [0.3, 0.4) is 0 Å². The van der Waals surface area contributed by atoms with Gasteiger partial charge in [0.2, 0.25) is 0 Å². The first-order chi connectivity index (χ1) is 12.2. The van der Waals surface area contributed by atoms with Crippen LogP contribution in [0, 0.1) is 0 Å². The maximum atomic E-state index is 12.9. The first-order valence-electron chi connectivity index (χ1n) is 8.44. The highest BCUT2D eigenvalue weighted by atomic mass is 35.5. The number of amides is 1. The van der Waals surface area contributed by atoms with Gasteiger partial charge >= 0.3 is 0 Å². The van der Waals surface area contributed by atoms with Crippen molar-refractivity contribution in [2.75, 3.05) is 18.8 Å². The van der Waals surface area contributed by atoms with Gasteiger partial charge in [0.1, 0.15) is 0 Å². The highest BCUT2D eigenvalue weighted by Crippen LogP contribution is 2.38. The van der Waals surface area contributed by atoms with Gasteiger partial charge in [0.05, 0.1) is 5.56 Å². The summed E-state index contributed by atoms with van der Waals surface area (Å²) in [6.07, 6.45) is 4.81. The molecule has 3 aromatic rings. The Morgan fingerprint density at radius 2 is 1.96 bits per heavy atom. The Kier molecular flexibility index (Phi) is 4.73. The van der Waals surface area contributed by atoms with Crippen molar-refractivity contribution in [2.24, 2.45) is 0 Å². The number of fused-ring (bicyclic) bond motifs is 1. The fourth-order valence-electron chi connectivity index (χ4n) is 3.31. The highest BCUT2D eigenvalue weighted by molar-refractivity contribution is 7.99. The number of thioether (sulfide) groups is 1. The molecule has 2 aromatic heterocycles. The molecule has 0 unspecified atom stereocenters. The van der Waals surface area contributed by atoms with Crippen LogP contribution in [-0.4, -0.2) is 34.1 Å². The quantitative estimate of drug-likeness (QED) is 0.640. The van der Waals surface area contributed by atoms with Gasteiger partial charge in [-0.25, -0.2) is 0 Å². The fraction of sp³-hybridized carbons (Fsp3) is 0.250. The third-order valence-corrected chi connectivity index (χ3v) is 6.29. The molecule has 128 valence electrons. The van der Waals surface area contributed by atoms with Gasteiger partial charge in [-0.05, 0) is 36.2 Å². The molecule has 0 N–H and O–H groups in total. The second-order valence-electron chi connectivity index (χ2n) is 6.22. The second kappa shape index (κ2) is 7.14. The molecule has 0 spiro atoms. The van der Waals surface area contributed by atoms with Crippen LogP contribution in [-0.2, 0) is 0 Å². The van der Waals surface area contributed by atoms with Crippen LogP contribution < -0.4 is 0 Å². The molecule has 1 aromatic carbocycles. The summed E-state index contributed by atoms with van der Waals surface area (Å²) in [5.74, 6) is 1.04. The van der Waals surface area contributed by atoms with Crippen molar-refractivity contribution >= 4 is 34.8 Å². The van der Waals surface area contributed by atoms with Crippen LogP contribution in [0.25, 0.3) is 5.52 Å². The molecule has 0 saturated carbocycles. The summed E-state index contributed by atoms with van der Waals surface area (Å²) in [5, 5.41) is 1.16. The third kappa shape index (κ3) is 3.42. The van der Waals surface area contributed by atoms with E-state index in [0.29, 0.717) is 5.25 Å². The number of benzene rings is 1. The van der Waals surface area contributed by atoms with Crippen molar-refractivity contribution in [3.63, 3.8) is 0 Å². The number of halogens is 1. The summed E-state index contributed by atoms with van der Waals surface area (Å²) in [4.78, 5) is 14.9. The van der Waals surface area contributed by atoms with Gasteiger partial charge in [-0.1, -0.05) is 35.9 Å². The lowest BCUT2D eigenvalue weighted by molar-refractivity contribution is 0.0766. The highest BCUT2D eigenvalue weighted by Gasteiger charge is 2.24. The smallest absolute Gasteiger partial charge is 0.255 e. The zero-order valence-electron chi connectivity index (χ0n) is 13.8. The van der Waals surface area contributed by atoms with E-state index in [4.69, 9.17) is 11.6 Å². The molecule has 1 atom stereocenters. The number of pyridine rings is 1. The van der Waals surface area contributed by atoms with E-state index in [9.17, 15) is 4.79 Å². The predicted molar refractivity (Wildman–Crippen MR) is 105 cm³/mol. The van der Waals surface area contributed by atoms with E-state index in [-0.39, 0.29) is 5.91 Å². The molecule has 0 bridgehead atoms. The first-order valence-corrected chi connectivity index (χ1v) is 9.87. The minimum atomic E-state index is 0.115. The Bertz CT molecular complexity index is 874. The molecule has 1 aliphatic rings. The first kappa shape index (κ1) is 16.6. The van der Waals surface area contributed by atoms with Gasteiger partial charge in [0.25, 0.3) is 5.91 Å². The van der Waals surface area contributed by atoms with Gasteiger partial charge in [-0.15, -0.1) is 0 Å². The van der Waals surface area contributed by atoms with Gasteiger partial charge < -0.3 is 9.30 Å². The summed E-state index contributed by atoms with van der Waals surface area (Å²) < 4.78 is 1.99. The van der Waals surface area contributed by atoms with Gasteiger partial charge in [0, 0.05) is 47.0 Å². The molecule has 0 aliphatic carbocycles. The number of aromatic nitrogens is 1. The Balaban J connectivity index is 1.50. The summed E-state index contributed by atoms with van der Waals surface area (Å²) in [6.45, 7) is 1.53. The zero-order chi connectivity index (χ0) is 17.2. The molecule has 3 nitrogen and oxygen atoms in total. The lowest BCUT2D eigenvalue weighted by Gasteiger charge is -2.20. The number of carbonyl (C=O) groups excluding carboxylic acids is 1. The minimum Gasteiger partial charge on any atom is -0.338 e. The molecule has 4 rings (SSSR count). The van der Waals surface area contributed by atoms with Gasteiger partial charge in [0.15, 0.2) is 0 Å². The Labute approximate surface area is 156 Å². The average molecular weight is 371 g/mol. The second-order valence-corrected chi connectivity index (χ2v) is 7.94.